The average Bonchev–Trinajstić information content (AvgIpc) is 2.46. The third kappa shape index (κ3) is 3.46. The molecule has 19 heavy (non-hydrogen) atoms. The second-order valence-electron chi connectivity index (χ2n) is 4.52. The molecule has 98 valence electrons. The van der Waals surface area contributed by atoms with Crippen molar-refractivity contribution in [1.82, 2.24) is 0 Å². The van der Waals surface area contributed by atoms with Crippen LogP contribution >= 0.6 is 0 Å². The van der Waals surface area contributed by atoms with E-state index < -0.39 is 0 Å². The predicted molar refractivity (Wildman–Crippen MR) is 81.1 cm³/mol. The number of ether oxygens (including phenoxy) is 1. The lowest BCUT2D eigenvalue weighted by molar-refractivity contribution is 0.328. The number of allylic oxidation sites excluding steroid dienone is 1. The smallest absolute Gasteiger partial charge is 0.119 e. The summed E-state index contributed by atoms with van der Waals surface area (Å²) in [5.41, 5.74) is 10.0. The van der Waals surface area contributed by atoms with Crippen LogP contribution in [0.3, 0.4) is 0 Å². The zero-order chi connectivity index (χ0) is 13.7. The molecule has 0 saturated heterocycles. The van der Waals surface area contributed by atoms with Crippen LogP contribution in [0, 0.1) is 0 Å². The van der Waals surface area contributed by atoms with E-state index in [1.54, 1.807) is 0 Å². The number of hydrogen-bond donors (Lipinski definition) is 1. The zero-order valence-electron chi connectivity index (χ0n) is 11.2. The number of nitrogens with two attached hydrogens (primary N) is 1. The summed E-state index contributed by atoms with van der Waals surface area (Å²) in [5, 5.41) is 0. The number of benzene rings is 2. The highest BCUT2D eigenvalue weighted by Gasteiger charge is 1.99. The first-order chi connectivity index (χ1) is 9.20. The molecule has 0 bridgehead atoms. The minimum absolute atomic E-state index is 0.532. The van der Waals surface area contributed by atoms with E-state index in [1.807, 2.05) is 19.1 Å². The Labute approximate surface area is 114 Å². The molecule has 0 aliphatic heterocycles. The Hall–Kier alpha value is -2.06. The Kier molecular flexibility index (Phi) is 4.37. The van der Waals surface area contributed by atoms with Crippen molar-refractivity contribution in [3.05, 3.63) is 60.7 Å². The number of hydrogen-bond acceptors (Lipinski definition) is 2. The van der Waals surface area contributed by atoms with Crippen molar-refractivity contribution in [1.29, 1.82) is 0 Å². The van der Waals surface area contributed by atoms with Gasteiger partial charge in [-0.1, -0.05) is 48.6 Å². The van der Waals surface area contributed by atoms with Gasteiger partial charge in [-0.05, 0) is 35.7 Å². The van der Waals surface area contributed by atoms with Crippen LogP contribution in [0.1, 0.15) is 12.5 Å². The fourth-order valence-corrected chi connectivity index (χ4v) is 1.87. The van der Waals surface area contributed by atoms with Gasteiger partial charge in [-0.25, -0.2) is 0 Å². The van der Waals surface area contributed by atoms with Crippen molar-refractivity contribution in [2.24, 2.45) is 5.73 Å². The summed E-state index contributed by atoms with van der Waals surface area (Å²) in [7, 11) is 0. The highest BCUT2D eigenvalue weighted by Crippen LogP contribution is 2.24. The summed E-state index contributed by atoms with van der Waals surface area (Å²) >= 11 is 0. The first kappa shape index (κ1) is 13.4. The second kappa shape index (κ2) is 6.21. The molecule has 2 aromatic rings. The van der Waals surface area contributed by atoms with E-state index in [4.69, 9.17) is 10.5 Å². The largest absolute Gasteiger partial charge is 0.492 e. The fraction of sp³-hybridized carbons (Fsp3) is 0.176. The molecule has 2 nitrogen and oxygen atoms in total. The van der Waals surface area contributed by atoms with E-state index in [1.165, 1.54) is 16.7 Å². The molecule has 0 aliphatic carbocycles. The van der Waals surface area contributed by atoms with Crippen LogP contribution in [-0.4, -0.2) is 13.2 Å². The summed E-state index contributed by atoms with van der Waals surface area (Å²) in [4.78, 5) is 0. The van der Waals surface area contributed by atoms with Crippen molar-refractivity contribution < 1.29 is 4.74 Å². The fourth-order valence-electron chi connectivity index (χ4n) is 1.87. The van der Waals surface area contributed by atoms with Gasteiger partial charge in [0.15, 0.2) is 0 Å². The lowest BCUT2D eigenvalue weighted by atomic mass is 10.0. The lowest BCUT2D eigenvalue weighted by Crippen LogP contribution is -2.10. The maximum atomic E-state index is 5.46. The summed E-state index contributed by atoms with van der Waals surface area (Å²) < 4.78 is 5.46. The van der Waals surface area contributed by atoms with Crippen LogP contribution < -0.4 is 10.5 Å². The van der Waals surface area contributed by atoms with Crippen LogP contribution in [0.5, 0.6) is 5.75 Å². The monoisotopic (exact) mass is 253 g/mol. The molecule has 0 spiro atoms. The molecular formula is C17H19NO. The zero-order valence-corrected chi connectivity index (χ0v) is 11.2. The lowest BCUT2D eigenvalue weighted by Gasteiger charge is -2.07. The Bertz CT molecular complexity index is 540. The molecule has 2 heteroatoms. The molecule has 0 heterocycles. The van der Waals surface area contributed by atoms with Gasteiger partial charge in [0.05, 0.1) is 0 Å². The second-order valence-corrected chi connectivity index (χ2v) is 4.52. The van der Waals surface area contributed by atoms with Gasteiger partial charge in [0.25, 0.3) is 0 Å². The average molecular weight is 253 g/mol. The van der Waals surface area contributed by atoms with Crippen LogP contribution in [0.15, 0.2) is 55.1 Å². The molecule has 0 atom stereocenters. The molecule has 0 radical (unpaired) electrons. The summed E-state index contributed by atoms with van der Waals surface area (Å²) in [6, 6.07) is 16.5. The van der Waals surface area contributed by atoms with E-state index >= 15 is 0 Å². The summed E-state index contributed by atoms with van der Waals surface area (Å²) in [6.07, 6.45) is 0. The van der Waals surface area contributed by atoms with E-state index in [-0.39, 0.29) is 0 Å². The summed E-state index contributed by atoms with van der Waals surface area (Å²) in [6.45, 7) is 7.03. The third-order valence-corrected chi connectivity index (χ3v) is 2.95. The first-order valence-corrected chi connectivity index (χ1v) is 6.40. The molecule has 0 aromatic heterocycles. The van der Waals surface area contributed by atoms with Gasteiger partial charge >= 0.3 is 0 Å². The van der Waals surface area contributed by atoms with Crippen molar-refractivity contribution in [3.63, 3.8) is 0 Å². The SMILES string of the molecule is C=C(C)c1ccc(-c2ccc(OCCN)cc2)cc1. The van der Waals surface area contributed by atoms with E-state index in [9.17, 15) is 0 Å². The molecule has 2 rings (SSSR count). The van der Waals surface area contributed by atoms with E-state index in [0.717, 1.165) is 11.3 Å². The molecular weight excluding hydrogens is 234 g/mol. The van der Waals surface area contributed by atoms with E-state index in [2.05, 4.69) is 43.0 Å². The van der Waals surface area contributed by atoms with Gasteiger partial charge in [-0.15, -0.1) is 0 Å². The Morgan fingerprint density at radius 1 is 1.00 bits per heavy atom. The minimum atomic E-state index is 0.532. The Balaban J connectivity index is 2.15. The normalized spacial score (nSPS) is 10.2. The molecule has 2 aromatic carbocycles. The van der Waals surface area contributed by atoms with Crippen LogP contribution in [-0.2, 0) is 0 Å². The summed E-state index contributed by atoms with van der Waals surface area (Å²) in [5.74, 6) is 0.854. The van der Waals surface area contributed by atoms with Crippen molar-refractivity contribution in [2.45, 2.75) is 6.92 Å². The number of rotatable bonds is 5. The maximum absolute atomic E-state index is 5.46. The standard InChI is InChI=1S/C17H19NO/c1-13(2)14-3-5-15(6-4-14)16-7-9-17(10-8-16)19-12-11-18/h3-10H,1,11-12,18H2,2H3. The van der Waals surface area contributed by atoms with Crippen LogP contribution in [0.25, 0.3) is 16.7 Å². The quantitative estimate of drug-likeness (QED) is 0.881. The maximum Gasteiger partial charge on any atom is 0.119 e. The highest BCUT2D eigenvalue weighted by molar-refractivity contribution is 5.68. The Morgan fingerprint density at radius 2 is 1.53 bits per heavy atom. The van der Waals surface area contributed by atoms with Gasteiger partial charge in [-0.3, -0.25) is 0 Å². The van der Waals surface area contributed by atoms with Crippen LogP contribution in [0.4, 0.5) is 0 Å². The first-order valence-electron chi connectivity index (χ1n) is 6.40. The molecule has 0 amide bonds. The van der Waals surface area contributed by atoms with Gasteiger partial charge in [0, 0.05) is 6.54 Å². The predicted octanol–water partition coefficient (Wildman–Crippen LogP) is 3.72. The van der Waals surface area contributed by atoms with E-state index in [0.29, 0.717) is 13.2 Å². The highest BCUT2D eigenvalue weighted by atomic mass is 16.5. The van der Waals surface area contributed by atoms with Gasteiger partial charge in [0.2, 0.25) is 0 Å². The molecule has 0 unspecified atom stereocenters. The van der Waals surface area contributed by atoms with Gasteiger partial charge in [-0.2, -0.15) is 0 Å². The third-order valence-electron chi connectivity index (χ3n) is 2.95. The van der Waals surface area contributed by atoms with Gasteiger partial charge < -0.3 is 10.5 Å². The van der Waals surface area contributed by atoms with Crippen molar-refractivity contribution >= 4 is 5.57 Å². The molecule has 0 saturated carbocycles. The molecule has 0 aliphatic rings. The van der Waals surface area contributed by atoms with Crippen molar-refractivity contribution in [3.8, 4) is 16.9 Å². The Morgan fingerprint density at radius 3 is 2.00 bits per heavy atom. The van der Waals surface area contributed by atoms with Crippen LogP contribution in [0.2, 0.25) is 0 Å². The topological polar surface area (TPSA) is 35.2 Å². The molecule has 0 fully saturated rings. The van der Waals surface area contributed by atoms with Gasteiger partial charge in [0.1, 0.15) is 12.4 Å². The molecule has 2 N–H and O–H groups in total. The van der Waals surface area contributed by atoms with Crippen molar-refractivity contribution in [2.75, 3.05) is 13.2 Å². The minimum Gasteiger partial charge on any atom is -0.492 e.